The normalized spacial score (nSPS) is 10.8. The number of hydrogen-bond donors (Lipinski definition) is 2. The molecule has 0 saturated carbocycles. The molecule has 24 heavy (non-hydrogen) atoms. The number of aromatic hydroxyl groups is 1. The van der Waals surface area contributed by atoms with Gasteiger partial charge in [-0.3, -0.25) is 0 Å². The number of nitrogen functional groups attached to an aromatic ring is 1. The Morgan fingerprint density at radius 1 is 0.667 bits per heavy atom. The van der Waals surface area contributed by atoms with Gasteiger partial charge in [0.25, 0.3) is 0 Å². The van der Waals surface area contributed by atoms with Crippen LogP contribution < -0.4 is 5.73 Å². The first-order valence-corrected chi connectivity index (χ1v) is 7.63. The van der Waals surface area contributed by atoms with Gasteiger partial charge in [-0.25, -0.2) is 9.97 Å². The van der Waals surface area contributed by atoms with E-state index in [2.05, 4.69) is 0 Å². The molecule has 1 aromatic heterocycles. The third-order valence-corrected chi connectivity index (χ3v) is 3.88. The molecule has 4 aromatic rings. The average Bonchev–Trinajstić information content (AvgIpc) is 2.62. The van der Waals surface area contributed by atoms with Crippen molar-refractivity contribution in [2.75, 3.05) is 5.73 Å². The molecule has 3 N–H and O–H groups in total. The van der Waals surface area contributed by atoms with Crippen LogP contribution in [0.1, 0.15) is 0 Å². The van der Waals surface area contributed by atoms with Crippen molar-refractivity contribution < 1.29 is 5.11 Å². The molecule has 116 valence electrons. The predicted octanol–water partition coefficient (Wildman–Crippen LogP) is 4.25. The Morgan fingerprint density at radius 2 is 1.29 bits per heavy atom. The van der Waals surface area contributed by atoms with Crippen molar-refractivity contribution in [1.29, 1.82) is 0 Å². The summed E-state index contributed by atoms with van der Waals surface area (Å²) < 4.78 is 0. The van der Waals surface area contributed by atoms with E-state index < -0.39 is 0 Å². The number of fused-ring (bicyclic) bond motifs is 1. The number of phenols is 1. The lowest BCUT2D eigenvalue weighted by Gasteiger charge is -2.11. The highest BCUT2D eigenvalue weighted by molar-refractivity contribution is 5.87. The molecule has 3 aromatic carbocycles. The van der Waals surface area contributed by atoms with Gasteiger partial charge in [0, 0.05) is 16.8 Å². The second-order valence-electron chi connectivity index (χ2n) is 5.58. The number of hydrogen-bond acceptors (Lipinski definition) is 4. The van der Waals surface area contributed by atoms with Crippen molar-refractivity contribution in [3.63, 3.8) is 0 Å². The fourth-order valence-electron chi connectivity index (χ4n) is 2.69. The summed E-state index contributed by atoms with van der Waals surface area (Å²) in [5, 5.41) is 9.54. The molecule has 0 fully saturated rings. The van der Waals surface area contributed by atoms with E-state index in [9.17, 15) is 5.11 Å². The summed E-state index contributed by atoms with van der Waals surface area (Å²) in [5.41, 5.74) is 11.5. The first kappa shape index (κ1) is 14.2. The highest BCUT2D eigenvalue weighted by Gasteiger charge is 2.13. The summed E-state index contributed by atoms with van der Waals surface area (Å²) in [6, 6.07) is 22.4. The van der Waals surface area contributed by atoms with Crippen LogP contribution in [-0.4, -0.2) is 15.1 Å². The number of aromatic nitrogens is 2. The van der Waals surface area contributed by atoms with Gasteiger partial charge in [0.1, 0.15) is 5.75 Å². The summed E-state index contributed by atoms with van der Waals surface area (Å²) >= 11 is 0. The smallest absolute Gasteiger partial charge is 0.115 e. The zero-order valence-electron chi connectivity index (χ0n) is 12.8. The second kappa shape index (κ2) is 5.66. The van der Waals surface area contributed by atoms with Crippen LogP contribution in [0.15, 0.2) is 72.8 Å². The molecule has 0 bridgehead atoms. The van der Waals surface area contributed by atoms with Gasteiger partial charge in [0.2, 0.25) is 0 Å². The Hall–Kier alpha value is -3.40. The van der Waals surface area contributed by atoms with Crippen molar-refractivity contribution in [2.24, 2.45) is 0 Å². The van der Waals surface area contributed by atoms with Gasteiger partial charge in [-0.05, 0) is 42.5 Å². The molecule has 0 amide bonds. The molecular formula is C20H15N3O. The van der Waals surface area contributed by atoms with Crippen LogP contribution in [0, 0.1) is 0 Å². The van der Waals surface area contributed by atoms with Gasteiger partial charge in [-0.15, -0.1) is 0 Å². The molecule has 4 heteroatoms. The Morgan fingerprint density at radius 3 is 2.00 bits per heavy atom. The molecule has 0 atom stereocenters. The maximum Gasteiger partial charge on any atom is 0.115 e. The Bertz CT molecular complexity index is 1010. The minimum atomic E-state index is 0.224. The molecule has 0 aliphatic rings. The quantitative estimate of drug-likeness (QED) is 0.543. The lowest BCUT2D eigenvalue weighted by atomic mass is 10.0. The number of benzene rings is 3. The minimum absolute atomic E-state index is 0.224. The van der Waals surface area contributed by atoms with Crippen LogP contribution in [0.4, 0.5) is 5.69 Å². The van der Waals surface area contributed by atoms with E-state index in [-0.39, 0.29) is 5.75 Å². The van der Waals surface area contributed by atoms with Crippen LogP contribution in [0.3, 0.4) is 0 Å². The van der Waals surface area contributed by atoms with Crippen LogP contribution in [0.5, 0.6) is 5.75 Å². The molecule has 0 saturated heterocycles. The Labute approximate surface area is 139 Å². The van der Waals surface area contributed by atoms with Gasteiger partial charge in [0.15, 0.2) is 0 Å². The number of nitrogens with zero attached hydrogens (tertiary/aromatic N) is 2. The van der Waals surface area contributed by atoms with E-state index in [1.807, 2.05) is 60.7 Å². The molecular weight excluding hydrogens is 298 g/mol. The molecule has 0 spiro atoms. The third-order valence-electron chi connectivity index (χ3n) is 3.88. The first-order chi connectivity index (χ1) is 11.7. The number of anilines is 1. The van der Waals surface area contributed by atoms with Crippen molar-refractivity contribution in [2.45, 2.75) is 0 Å². The first-order valence-electron chi connectivity index (χ1n) is 7.63. The third kappa shape index (κ3) is 2.54. The highest BCUT2D eigenvalue weighted by atomic mass is 16.3. The van der Waals surface area contributed by atoms with Crippen LogP contribution in [-0.2, 0) is 0 Å². The number of nitrogens with two attached hydrogens (primary N) is 1. The Kier molecular flexibility index (Phi) is 3.35. The zero-order valence-corrected chi connectivity index (χ0v) is 12.8. The molecule has 0 radical (unpaired) electrons. The standard InChI is InChI=1S/C20H15N3O/c21-15-8-11-17-18(12-15)23-19(13-4-2-1-3-5-13)20(22-17)14-6-9-16(24)10-7-14/h1-12,24H,21H2. The molecule has 0 aliphatic heterocycles. The average molecular weight is 313 g/mol. The second-order valence-corrected chi connectivity index (χ2v) is 5.58. The van der Waals surface area contributed by atoms with Crippen LogP contribution >= 0.6 is 0 Å². The Balaban J connectivity index is 2.02. The van der Waals surface area contributed by atoms with Crippen molar-refractivity contribution in [3.8, 4) is 28.3 Å². The van der Waals surface area contributed by atoms with Gasteiger partial charge in [-0.1, -0.05) is 30.3 Å². The van der Waals surface area contributed by atoms with E-state index in [0.717, 1.165) is 33.5 Å². The van der Waals surface area contributed by atoms with Gasteiger partial charge < -0.3 is 10.8 Å². The lowest BCUT2D eigenvalue weighted by Crippen LogP contribution is -1.96. The molecule has 4 rings (SSSR count). The minimum Gasteiger partial charge on any atom is -0.508 e. The van der Waals surface area contributed by atoms with E-state index in [1.54, 1.807) is 12.1 Å². The van der Waals surface area contributed by atoms with Crippen LogP contribution in [0.2, 0.25) is 0 Å². The van der Waals surface area contributed by atoms with Crippen LogP contribution in [0.25, 0.3) is 33.5 Å². The topological polar surface area (TPSA) is 72.0 Å². The van der Waals surface area contributed by atoms with Crippen molar-refractivity contribution in [1.82, 2.24) is 9.97 Å². The molecule has 0 aliphatic carbocycles. The molecule has 1 heterocycles. The zero-order chi connectivity index (χ0) is 16.5. The lowest BCUT2D eigenvalue weighted by molar-refractivity contribution is 0.475. The maximum atomic E-state index is 9.54. The van der Waals surface area contributed by atoms with Crippen molar-refractivity contribution >= 4 is 16.7 Å². The molecule has 4 nitrogen and oxygen atoms in total. The number of rotatable bonds is 2. The molecule has 0 unspecified atom stereocenters. The van der Waals surface area contributed by atoms with E-state index in [1.165, 1.54) is 0 Å². The predicted molar refractivity (Wildman–Crippen MR) is 96.5 cm³/mol. The van der Waals surface area contributed by atoms with E-state index >= 15 is 0 Å². The fraction of sp³-hybridized carbons (Fsp3) is 0. The van der Waals surface area contributed by atoms with E-state index in [0.29, 0.717) is 5.69 Å². The summed E-state index contributed by atoms with van der Waals surface area (Å²) in [6.07, 6.45) is 0. The van der Waals surface area contributed by atoms with E-state index in [4.69, 9.17) is 15.7 Å². The number of phenolic OH excluding ortho intramolecular Hbond substituents is 1. The van der Waals surface area contributed by atoms with Gasteiger partial charge in [-0.2, -0.15) is 0 Å². The van der Waals surface area contributed by atoms with Gasteiger partial charge >= 0.3 is 0 Å². The van der Waals surface area contributed by atoms with Crippen molar-refractivity contribution in [3.05, 3.63) is 72.8 Å². The summed E-state index contributed by atoms with van der Waals surface area (Å²) in [7, 11) is 0. The maximum absolute atomic E-state index is 9.54. The highest BCUT2D eigenvalue weighted by Crippen LogP contribution is 2.32. The van der Waals surface area contributed by atoms with Gasteiger partial charge in [0.05, 0.1) is 22.4 Å². The largest absolute Gasteiger partial charge is 0.508 e. The summed E-state index contributed by atoms with van der Waals surface area (Å²) in [4.78, 5) is 9.59. The fourth-order valence-corrected chi connectivity index (χ4v) is 2.69. The summed E-state index contributed by atoms with van der Waals surface area (Å²) in [6.45, 7) is 0. The SMILES string of the molecule is Nc1ccc2nc(-c3ccc(O)cc3)c(-c3ccccc3)nc2c1. The monoisotopic (exact) mass is 313 g/mol. The summed E-state index contributed by atoms with van der Waals surface area (Å²) in [5.74, 6) is 0.224.